The zero-order chi connectivity index (χ0) is 24.8. The van der Waals surface area contributed by atoms with Crippen molar-refractivity contribution in [3.63, 3.8) is 0 Å². The number of hydrogen-bond acceptors (Lipinski definition) is 7. The van der Waals surface area contributed by atoms with E-state index in [0.717, 1.165) is 35.4 Å². The highest BCUT2D eigenvalue weighted by atomic mass is 32.1. The fourth-order valence-electron chi connectivity index (χ4n) is 3.94. The van der Waals surface area contributed by atoms with Crippen LogP contribution >= 0.6 is 11.3 Å². The molecule has 0 spiro atoms. The second-order valence-electron chi connectivity index (χ2n) is 8.42. The molecule has 3 aromatic rings. The predicted octanol–water partition coefficient (Wildman–Crippen LogP) is 4.37. The van der Waals surface area contributed by atoms with Crippen LogP contribution in [0.15, 0.2) is 45.6 Å². The lowest BCUT2D eigenvalue weighted by Crippen LogP contribution is -2.46. The van der Waals surface area contributed by atoms with Crippen LogP contribution in [-0.4, -0.2) is 48.1 Å². The molecule has 0 saturated carbocycles. The Morgan fingerprint density at radius 3 is 2.69 bits per heavy atom. The van der Waals surface area contributed by atoms with Crippen LogP contribution in [0.25, 0.3) is 6.08 Å². The second kappa shape index (κ2) is 11.2. The molecule has 2 aromatic heterocycles. The summed E-state index contributed by atoms with van der Waals surface area (Å²) in [4.78, 5) is 26.7. The predicted molar refractivity (Wildman–Crippen MR) is 134 cm³/mol. The van der Waals surface area contributed by atoms with Gasteiger partial charge in [-0.15, -0.1) is 0 Å². The molecule has 0 unspecified atom stereocenters. The lowest BCUT2D eigenvalue weighted by Gasteiger charge is -2.31. The molecule has 8 nitrogen and oxygen atoms in total. The molecule has 4 rings (SSSR count). The van der Waals surface area contributed by atoms with Gasteiger partial charge in [-0.2, -0.15) is 11.3 Å². The summed E-state index contributed by atoms with van der Waals surface area (Å²) >= 11 is 1.50. The summed E-state index contributed by atoms with van der Waals surface area (Å²) in [5, 5.41) is 10.7. The van der Waals surface area contributed by atoms with E-state index in [1.807, 2.05) is 53.8 Å². The van der Waals surface area contributed by atoms with E-state index in [2.05, 4.69) is 10.5 Å². The van der Waals surface area contributed by atoms with Crippen molar-refractivity contribution >= 4 is 29.2 Å². The Balaban J connectivity index is 1.29. The maximum Gasteiger partial charge on any atom is 0.252 e. The monoisotopic (exact) mass is 495 g/mol. The van der Waals surface area contributed by atoms with Crippen LogP contribution in [0.1, 0.15) is 45.8 Å². The second-order valence-corrected chi connectivity index (χ2v) is 9.20. The number of aryl methyl sites for hydroxylation is 2. The zero-order valence-corrected chi connectivity index (χ0v) is 20.9. The largest absolute Gasteiger partial charge is 0.493 e. The fourth-order valence-corrected chi connectivity index (χ4v) is 4.58. The molecular weight excluding hydrogens is 466 g/mol. The number of aromatic nitrogens is 1. The van der Waals surface area contributed by atoms with E-state index in [1.165, 1.54) is 11.3 Å². The minimum atomic E-state index is -0.0519. The molecule has 0 aliphatic carbocycles. The topological polar surface area (TPSA) is 93.9 Å². The molecule has 1 fully saturated rings. The van der Waals surface area contributed by atoms with Crippen LogP contribution in [-0.2, 0) is 11.4 Å². The van der Waals surface area contributed by atoms with Crippen molar-refractivity contribution in [3.05, 3.63) is 69.2 Å². The first-order chi connectivity index (χ1) is 16.9. The molecule has 1 N–H and O–H groups in total. The number of benzene rings is 1. The van der Waals surface area contributed by atoms with Crippen molar-refractivity contribution in [3.8, 4) is 11.5 Å². The maximum atomic E-state index is 12.7. The minimum absolute atomic E-state index is 0.0506. The molecule has 9 heteroatoms. The van der Waals surface area contributed by atoms with Crippen LogP contribution in [0.2, 0.25) is 0 Å². The Hall–Kier alpha value is -3.59. The molecule has 35 heavy (non-hydrogen) atoms. The summed E-state index contributed by atoms with van der Waals surface area (Å²) < 4.78 is 16.6. The van der Waals surface area contributed by atoms with Gasteiger partial charge in [-0.05, 0) is 61.9 Å². The maximum absolute atomic E-state index is 12.7. The van der Waals surface area contributed by atoms with Crippen LogP contribution in [0.3, 0.4) is 0 Å². The smallest absolute Gasteiger partial charge is 0.252 e. The van der Waals surface area contributed by atoms with E-state index in [1.54, 1.807) is 19.3 Å². The van der Waals surface area contributed by atoms with Crippen LogP contribution in [0.5, 0.6) is 11.5 Å². The molecule has 3 heterocycles. The van der Waals surface area contributed by atoms with Crippen LogP contribution in [0.4, 0.5) is 0 Å². The van der Waals surface area contributed by atoms with Gasteiger partial charge in [-0.1, -0.05) is 11.2 Å². The number of carbonyl (C=O) groups excluding carboxylic acids is 2. The number of rotatable bonds is 8. The van der Waals surface area contributed by atoms with Gasteiger partial charge in [0.25, 0.3) is 5.91 Å². The summed E-state index contributed by atoms with van der Waals surface area (Å²) in [6.07, 6.45) is 4.82. The highest BCUT2D eigenvalue weighted by molar-refractivity contribution is 7.08. The highest BCUT2D eigenvalue weighted by Gasteiger charge is 2.23. The van der Waals surface area contributed by atoms with Gasteiger partial charge in [0, 0.05) is 36.2 Å². The molecule has 1 aliphatic rings. The Kier molecular flexibility index (Phi) is 7.87. The van der Waals surface area contributed by atoms with Gasteiger partial charge in [-0.3, -0.25) is 9.59 Å². The standard InChI is InChI=1S/C26H29N3O5S/c1-17-22(18(2)34-28-17)15-33-23-6-4-19(14-24(23)32-3)5-7-25(30)29-11-8-21(9-12-29)27-26(31)20-10-13-35-16-20/h4-7,10,13-14,16,21H,8-9,11-12,15H2,1-3H3,(H,27,31)/b7-5+. The lowest BCUT2D eigenvalue weighted by atomic mass is 10.0. The number of likely N-dealkylation sites (tertiary alicyclic amines) is 1. The first kappa shape index (κ1) is 24.5. The normalized spacial score (nSPS) is 14.3. The number of carbonyl (C=O) groups is 2. The van der Waals surface area contributed by atoms with E-state index >= 15 is 0 Å². The van der Waals surface area contributed by atoms with Gasteiger partial charge in [0.2, 0.25) is 5.91 Å². The van der Waals surface area contributed by atoms with Crippen molar-refractivity contribution in [2.24, 2.45) is 0 Å². The number of nitrogens with one attached hydrogen (secondary N) is 1. The number of amides is 2. The Morgan fingerprint density at radius 2 is 2.03 bits per heavy atom. The lowest BCUT2D eigenvalue weighted by molar-refractivity contribution is -0.127. The number of nitrogens with zero attached hydrogens (tertiary/aromatic N) is 2. The van der Waals surface area contributed by atoms with Gasteiger partial charge in [0.05, 0.1) is 18.4 Å². The SMILES string of the molecule is COc1cc(/C=C/C(=O)N2CCC(NC(=O)c3ccsc3)CC2)ccc1OCc1c(C)noc1C. The van der Waals surface area contributed by atoms with Crippen molar-refractivity contribution in [2.75, 3.05) is 20.2 Å². The quantitative estimate of drug-likeness (QED) is 0.466. The van der Waals surface area contributed by atoms with E-state index in [9.17, 15) is 9.59 Å². The van der Waals surface area contributed by atoms with Gasteiger partial charge in [-0.25, -0.2) is 0 Å². The first-order valence-corrected chi connectivity index (χ1v) is 12.4. The van der Waals surface area contributed by atoms with E-state index in [0.29, 0.717) is 36.8 Å². The molecular formula is C26H29N3O5S. The molecule has 0 atom stereocenters. The van der Waals surface area contributed by atoms with Gasteiger partial charge >= 0.3 is 0 Å². The molecule has 1 aliphatic heterocycles. The summed E-state index contributed by atoms with van der Waals surface area (Å²) in [6.45, 7) is 5.27. The Morgan fingerprint density at radius 1 is 1.23 bits per heavy atom. The fraction of sp³-hybridized carbons (Fsp3) is 0.346. The summed E-state index contributed by atoms with van der Waals surface area (Å²) in [6, 6.07) is 7.43. The van der Waals surface area contributed by atoms with Crippen molar-refractivity contribution in [1.82, 2.24) is 15.4 Å². The summed E-state index contributed by atoms with van der Waals surface area (Å²) in [5.41, 5.74) is 3.23. The van der Waals surface area contributed by atoms with Crippen molar-refractivity contribution in [1.29, 1.82) is 0 Å². The molecule has 0 bridgehead atoms. The zero-order valence-electron chi connectivity index (χ0n) is 20.1. The van der Waals surface area contributed by atoms with Crippen molar-refractivity contribution in [2.45, 2.75) is 39.3 Å². The van der Waals surface area contributed by atoms with E-state index < -0.39 is 0 Å². The highest BCUT2D eigenvalue weighted by Crippen LogP contribution is 2.30. The third kappa shape index (κ3) is 6.10. The van der Waals surface area contributed by atoms with Gasteiger partial charge < -0.3 is 24.2 Å². The molecule has 0 radical (unpaired) electrons. The molecule has 2 amide bonds. The van der Waals surface area contributed by atoms with Crippen LogP contribution < -0.4 is 14.8 Å². The average Bonchev–Trinajstić information content (AvgIpc) is 3.52. The number of ether oxygens (including phenoxy) is 2. The van der Waals surface area contributed by atoms with Gasteiger partial charge in [0.1, 0.15) is 12.4 Å². The summed E-state index contributed by atoms with van der Waals surface area (Å²) in [7, 11) is 1.58. The van der Waals surface area contributed by atoms with Crippen LogP contribution in [0, 0.1) is 13.8 Å². The minimum Gasteiger partial charge on any atom is -0.493 e. The average molecular weight is 496 g/mol. The third-order valence-electron chi connectivity index (χ3n) is 6.08. The van der Waals surface area contributed by atoms with E-state index in [-0.39, 0.29) is 17.9 Å². The Bertz CT molecular complexity index is 1170. The number of hydrogen-bond donors (Lipinski definition) is 1. The number of thiophene rings is 1. The third-order valence-corrected chi connectivity index (χ3v) is 6.77. The summed E-state index contributed by atoms with van der Waals surface area (Å²) in [5.74, 6) is 1.80. The molecule has 184 valence electrons. The first-order valence-electron chi connectivity index (χ1n) is 11.5. The molecule has 1 saturated heterocycles. The number of methoxy groups -OCH3 is 1. The van der Waals surface area contributed by atoms with E-state index in [4.69, 9.17) is 14.0 Å². The Labute approximate surface area is 208 Å². The molecule has 1 aromatic carbocycles. The van der Waals surface area contributed by atoms with Gasteiger partial charge in [0.15, 0.2) is 11.5 Å². The number of piperidine rings is 1. The van der Waals surface area contributed by atoms with Crippen molar-refractivity contribution < 1.29 is 23.6 Å².